The zero-order valence-electron chi connectivity index (χ0n) is 9.80. The maximum Gasteiger partial charge on any atom is 0.0436 e. The molecule has 0 bridgehead atoms. The highest BCUT2D eigenvalue weighted by atomic mass is 14.9. The Morgan fingerprint density at radius 2 is 1.86 bits per heavy atom. The summed E-state index contributed by atoms with van der Waals surface area (Å²) in [6.45, 7) is 6.22. The second kappa shape index (κ2) is 5.04. The summed E-state index contributed by atoms with van der Waals surface area (Å²) in [7, 11) is 2.13. The third-order valence-corrected chi connectivity index (χ3v) is 2.59. The van der Waals surface area contributed by atoms with Gasteiger partial charge in [-0.15, -0.1) is 0 Å². The maximum absolute atomic E-state index is 2.37. The van der Waals surface area contributed by atoms with Gasteiger partial charge in [-0.1, -0.05) is 32.9 Å². The number of hydrogen-bond donors (Lipinski definition) is 0. The Kier molecular flexibility index (Phi) is 3.99. The Morgan fingerprint density at radius 3 is 2.50 bits per heavy atom. The molecule has 1 nitrogen and oxygen atoms in total. The van der Waals surface area contributed by atoms with Crippen molar-refractivity contribution in [1.29, 1.82) is 0 Å². The third kappa shape index (κ3) is 1.92. The molecule has 0 radical (unpaired) electrons. The van der Waals surface area contributed by atoms with Crippen molar-refractivity contribution in [2.45, 2.75) is 40.0 Å². The molecule has 0 amide bonds. The highest BCUT2D eigenvalue weighted by Crippen LogP contribution is 1.98. The van der Waals surface area contributed by atoms with Crippen molar-refractivity contribution in [3.63, 3.8) is 0 Å². The Balaban J connectivity index is 0.000000461. The zero-order chi connectivity index (χ0) is 10.6. The van der Waals surface area contributed by atoms with E-state index in [0.717, 1.165) is 6.42 Å². The monoisotopic (exact) mass is 191 g/mol. The lowest BCUT2D eigenvalue weighted by Gasteiger charge is -1.97. The number of nitrogens with zero attached hydrogens (tertiary/aromatic N) is 1. The fourth-order valence-corrected chi connectivity index (χ4v) is 1.95. The predicted octanol–water partition coefficient (Wildman–Crippen LogP) is 1.97. The van der Waals surface area contributed by atoms with Crippen molar-refractivity contribution in [3.05, 3.63) is 22.3 Å². The first-order valence-corrected chi connectivity index (χ1v) is 5.67. The molecular weight excluding hydrogens is 170 g/mol. The van der Waals surface area contributed by atoms with Crippen LogP contribution >= 0.6 is 0 Å². The predicted molar refractivity (Wildman–Crippen MR) is 63.6 cm³/mol. The molecule has 1 aliphatic carbocycles. The summed E-state index contributed by atoms with van der Waals surface area (Å²) in [4.78, 5) is 0. The Hall–Kier alpha value is -0.980. The molecule has 0 fully saturated rings. The second-order valence-corrected chi connectivity index (χ2v) is 3.40. The fraction of sp³-hybridized carbons (Fsp3) is 0.538. The Bertz CT molecular complexity index is 396. The van der Waals surface area contributed by atoms with E-state index < -0.39 is 0 Å². The summed E-state index contributed by atoms with van der Waals surface area (Å²) in [6.07, 6.45) is 10.5. The molecule has 0 unspecified atom stereocenters. The highest BCUT2D eigenvalue weighted by molar-refractivity contribution is 5.39. The van der Waals surface area contributed by atoms with Crippen molar-refractivity contribution in [1.82, 2.24) is 4.57 Å². The molecule has 0 saturated heterocycles. The topological polar surface area (TPSA) is 4.93 Å². The summed E-state index contributed by atoms with van der Waals surface area (Å²) in [5, 5.41) is 2.89. The van der Waals surface area contributed by atoms with E-state index in [1.807, 2.05) is 13.8 Å². The standard InChI is InChI=1S/C11H15N.C2H6/c1-3-9-8-12(2)11-7-5-4-6-10(9)11;1-2/h6-8H,3-5H2,1-2H3;1-2H3. The average Bonchev–Trinajstić information content (AvgIpc) is 2.59. The first kappa shape index (κ1) is 11.1. The van der Waals surface area contributed by atoms with Crippen molar-refractivity contribution >= 4 is 12.2 Å². The zero-order valence-corrected chi connectivity index (χ0v) is 9.80. The van der Waals surface area contributed by atoms with Gasteiger partial charge < -0.3 is 4.57 Å². The molecule has 0 saturated carbocycles. The van der Waals surface area contributed by atoms with Gasteiger partial charge in [-0.3, -0.25) is 0 Å². The minimum atomic E-state index is 1.15. The maximum atomic E-state index is 2.37. The van der Waals surface area contributed by atoms with Crippen LogP contribution in [0.2, 0.25) is 0 Å². The number of aryl methyl sites for hydroxylation is 2. The van der Waals surface area contributed by atoms with Crippen molar-refractivity contribution in [2.24, 2.45) is 7.05 Å². The van der Waals surface area contributed by atoms with Gasteiger partial charge in [0.1, 0.15) is 0 Å². The van der Waals surface area contributed by atoms with Gasteiger partial charge in [-0.25, -0.2) is 0 Å². The van der Waals surface area contributed by atoms with Gasteiger partial charge in [0.2, 0.25) is 0 Å². The van der Waals surface area contributed by atoms with Crippen LogP contribution < -0.4 is 10.6 Å². The minimum Gasteiger partial charge on any atom is -0.351 e. The molecule has 1 aliphatic rings. The molecule has 1 heteroatoms. The molecule has 1 heterocycles. The summed E-state index contributed by atoms with van der Waals surface area (Å²) < 4.78 is 2.24. The summed E-state index contributed by atoms with van der Waals surface area (Å²) in [5.41, 5.74) is 1.49. The second-order valence-electron chi connectivity index (χ2n) is 3.40. The van der Waals surface area contributed by atoms with Crippen LogP contribution in [0.1, 0.15) is 39.2 Å². The molecule has 0 spiro atoms. The lowest BCUT2D eigenvalue weighted by Crippen LogP contribution is -2.30. The van der Waals surface area contributed by atoms with E-state index in [9.17, 15) is 0 Å². The molecule has 0 aliphatic heterocycles. The number of aromatic nitrogens is 1. The minimum absolute atomic E-state index is 1.15. The lowest BCUT2D eigenvalue weighted by molar-refractivity contribution is 0.875. The van der Waals surface area contributed by atoms with E-state index in [1.165, 1.54) is 29.0 Å². The first-order valence-electron chi connectivity index (χ1n) is 5.67. The molecule has 0 atom stereocenters. The number of rotatable bonds is 1. The van der Waals surface area contributed by atoms with Gasteiger partial charge in [0.25, 0.3) is 0 Å². The molecule has 2 rings (SSSR count). The van der Waals surface area contributed by atoms with Crippen LogP contribution in [0.15, 0.2) is 6.20 Å². The molecule has 14 heavy (non-hydrogen) atoms. The van der Waals surface area contributed by atoms with Crippen LogP contribution in [0, 0.1) is 0 Å². The van der Waals surface area contributed by atoms with Crippen molar-refractivity contribution in [3.8, 4) is 0 Å². The normalized spacial score (nSPS) is 13.1. The van der Waals surface area contributed by atoms with E-state index in [4.69, 9.17) is 0 Å². The first-order chi connectivity index (χ1) is 6.83. The van der Waals surface area contributed by atoms with Crippen LogP contribution in [-0.4, -0.2) is 4.57 Å². The highest BCUT2D eigenvalue weighted by Gasteiger charge is 2.02. The molecule has 0 N–H and O–H groups in total. The van der Waals surface area contributed by atoms with Gasteiger partial charge in [0.15, 0.2) is 0 Å². The number of fused-ring (bicyclic) bond motifs is 1. The summed E-state index contributed by atoms with van der Waals surface area (Å²) >= 11 is 0. The van der Waals surface area contributed by atoms with E-state index in [2.05, 4.69) is 36.9 Å². The number of hydrogen-bond acceptors (Lipinski definition) is 0. The lowest BCUT2D eigenvalue weighted by atomic mass is 10.1. The van der Waals surface area contributed by atoms with Crippen LogP contribution in [0.5, 0.6) is 0 Å². The molecule has 1 aromatic heterocycles. The van der Waals surface area contributed by atoms with Crippen LogP contribution in [0.4, 0.5) is 0 Å². The van der Waals surface area contributed by atoms with E-state index >= 15 is 0 Å². The van der Waals surface area contributed by atoms with E-state index in [0.29, 0.717) is 0 Å². The average molecular weight is 191 g/mol. The van der Waals surface area contributed by atoms with Gasteiger partial charge in [-0.05, 0) is 30.0 Å². The quantitative estimate of drug-likeness (QED) is 0.639. The van der Waals surface area contributed by atoms with Crippen molar-refractivity contribution in [2.75, 3.05) is 0 Å². The largest absolute Gasteiger partial charge is 0.351 e. The Labute approximate surface area is 86.8 Å². The van der Waals surface area contributed by atoms with Gasteiger partial charge >= 0.3 is 0 Å². The molecule has 1 aromatic rings. The van der Waals surface area contributed by atoms with Gasteiger partial charge in [0.05, 0.1) is 0 Å². The Morgan fingerprint density at radius 1 is 1.21 bits per heavy atom. The molecular formula is C13H21N. The SMILES string of the molecule is CC.CCc1cn(C)c2c1=CCCC=2. The van der Waals surface area contributed by atoms with Crippen molar-refractivity contribution < 1.29 is 0 Å². The fourth-order valence-electron chi connectivity index (χ4n) is 1.95. The summed E-state index contributed by atoms with van der Waals surface area (Å²) in [6, 6.07) is 0. The smallest absolute Gasteiger partial charge is 0.0436 e. The molecule has 78 valence electrons. The third-order valence-electron chi connectivity index (χ3n) is 2.59. The van der Waals surface area contributed by atoms with Crippen LogP contribution in [0.25, 0.3) is 12.2 Å². The van der Waals surface area contributed by atoms with E-state index in [-0.39, 0.29) is 0 Å². The van der Waals surface area contributed by atoms with Crippen LogP contribution in [0.3, 0.4) is 0 Å². The van der Waals surface area contributed by atoms with E-state index in [1.54, 1.807) is 0 Å². The van der Waals surface area contributed by atoms with Gasteiger partial charge in [-0.2, -0.15) is 0 Å². The van der Waals surface area contributed by atoms with Crippen LogP contribution in [-0.2, 0) is 13.5 Å². The summed E-state index contributed by atoms with van der Waals surface area (Å²) in [5.74, 6) is 0. The molecule has 0 aromatic carbocycles. The van der Waals surface area contributed by atoms with Gasteiger partial charge in [0, 0.05) is 18.6 Å².